The van der Waals surface area contributed by atoms with Crippen molar-refractivity contribution in [2.45, 2.75) is 218 Å². The molecule has 3 heteroatoms. The maximum atomic E-state index is 7.12. The zero-order valence-electron chi connectivity index (χ0n) is 33.6. The summed E-state index contributed by atoms with van der Waals surface area (Å²) >= 11 is 0. The second-order valence-corrected chi connectivity index (χ2v) is 17.0. The average Bonchev–Trinajstić information content (AvgIpc) is 3.69. The quantitative estimate of drug-likeness (QED) is 0.0533. The van der Waals surface area contributed by atoms with Crippen molar-refractivity contribution in [1.29, 1.82) is 0 Å². The fraction of sp³-hybridized carbons (Fsp3) is 0.830. The van der Waals surface area contributed by atoms with Gasteiger partial charge in [-0.25, -0.2) is 0 Å². The standard InChI is InChI=1S/C47H81NO2/c1-5-7-9-11-13-15-17-19-21-23-25-27-29-31-33-35-37-46(49-44-41-39-43(48(3)4)42-40-47(41,42)45(44)50-46)38-36-34-32-30-28-26-24-22-20-18-16-14-12-10-8-6-2/h13-16,19-22,41-45H,5-12,17-18,23-40H2,1-4H3/b15-13-,16-14-,21-19-,22-20-/t41?,42?,43?,44-,45-,47?/m1/s1. The van der Waals surface area contributed by atoms with Crippen molar-refractivity contribution in [1.82, 2.24) is 4.90 Å². The molecule has 1 heterocycles. The maximum absolute atomic E-state index is 7.12. The van der Waals surface area contributed by atoms with Crippen LogP contribution in [0.1, 0.15) is 194 Å². The Kier molecular flexibility index (Phi) is 19.5. The van der Waals surface area contributed by atoms with Crippen LogP contribution in [-0.2, 0) is 9.47 Å². The molecule has 1 spiro atoms. The molecule has 50 heavy (non-hydrogen) atoms. The second kappa shape index (κ2) is 23.5. The van der Waals surface area contributed by atoms with E-state index in [0.717, 1.165) is 43.6 Å². The van der Waals surface area contributed by atoms with Crippen LogP contribution in [0.25, 0.3) is 0 Å². The third kappa shape index (κ3) is 12.8. The topological polar surface area (TPSA) is 21.7 Å². The van der Waals surface area contributed by atoms with Crippen LogP contribution in [0.4, 0.5) is 0 Å². The minimum absolute atomic E-state index is 0.292. The summed E-state index contributed by atoms with van der Waals surface area (Å²) in [4.78, 5) is 2.48. The van der Waals surface area contributed by atoms with E-state index in [0.29, 0.717) is 17.6 Å². The summed E-state index contributed by atoms with van der Waals surface area (Å²) < 4.78 is 14.2. The van der Waals surface area contributed by atoms with E-state index in [2.05, 4.69) is 81.5 Å². The SMILES string of the molecule is CCCCC/C=C\C/C=C\CCCCCCCCC1(CCCCCCCC/C=C\C/C=C\CCCCC)O[C@@H]2C3CC(N(C)C)C4CC43[C@@H]2O1. The van der Waals surface area contributed by atoms with Gasteiger partial charge in [0.25, 0.3) is 0 Å². The zero-order chi connectivity index (χ0) is 35.3. The molecule has 1 saturated heterocycles. The van der Waals surface area contributed by atoms with E-state index >= 15 is 0 Å². The molecule has 4 rings (SSSR count). The van der Waals surface area contributed by atoms with E-state index in [-0.39, 0.29) is 5.79 Å². The van der Waals surface area contributed by atoms with Gasteiger partial charge >= 0.3 is 0 Å². The van der Waals surface area contributed by atoms with E-state index in [1.165, 1.54) is 154 Å². The first-order valence-electron chi connectivity index (χ1n) is 22.2. The lowest BCUT2D eigenvalue weighted by Crippen LogP contribution is -2.54. The number of rotatable bonds is 31. The van der Waals surface area contributed by atoms with Gasteiger partial charge in [0.15, 0.2) is 5.79 Å². The van der Waals surface area contributed by atoms with Crippen molar-refractivity contribution in [3.05, 3.63) is 48.6 Å². The number of nitrogens with zero attached hydrogens (tertiary/aromatic N) is 1. The Labute approximate surface area is 311 Å². The van der Waals surface area contributed by atoms with E-state index in [1.54, 1.807) is 0 Å². The van der Waals surface area contributed by atoms with Gasteiger partial charge in [0.05, 0.1) is 12.2 Å². The van der Waals surface area contributed by atoms with Crippen molar-refractivity contribution >= 4 is 0 Å². The number of fused-ring (bicyclic) bond motifs is 2. The molecule has 0 aromatic rings. The number of hydrogen-bond donors (Lipinski definition) is 0. The Morgan fingerprint density at radius 2 is 0.960 bits per heavy atom. The molecule has 4 unspecified atom stereocenters. The number of ether oxygens (including phenoxy) is 2. The molecule has 0 bridgehead atoms. The molecule has 3 aliphatic carbocycles. The lowest BCUT2D eigenvalue weighted by Gasteiger charge is -2.44. The largest absolute Gasteiger partial charge is 0.344 e. The first-order valence-corrected chi connectivity index (χ1v) is 22.2. The van der Waals surface area contributed by atoms with Gasteiger partial charge in [0.1, 0.15) is 0 Å². The van der Waals surface area contributed by atoms with Crippen molar-refractivity contribution in [2.75, 3.05) is 14.1 Å². The van der Waals surface area contributed by atoms with Crippen LogP contribution in [-0.4, -0.2) is 43.0 Å². The molecule has 0 aromatic carbocycles. The molecule has 0 N–H and O–H groups in total. The van der Waals surface area contributed by atoms with Gasteiger partial charge in [-0.2, -0.15) is 0 Å². The summed E-state index contributed by atoms with van der Waals surface area (Å²) in [5.74, 6) is 1.31. The summed E-state index contributed by atoms with van der Waals surface area (Å²) in [6.07, 6.45) is 55.9. The van der Waals surface area contributed by atoms with Crippen molar-refractivity contribution in [2.24, 2.45) is 17.3 Å². The molecule has 6 atom stereocenters. The van der Waals surface area contributed by atoms with Crippen molar-refractivity contribution in [3.63, 3.8) is 0 Å². The zero-order valence-corrected chi connectivity index (χ0v) is 33.6. The first-order chi connectivity index (χ1) is 24.6. The Hall–Kier alpha value is -1.16. The third-order valence-electron chi connectivity index (χ3n) is 12.9. The molecular formula is C47H81NO2. The summed E-state index contributed by atoms with van der Waals surface area (Å²) in [6, 6.07) is 0.743. The molecule has 0 aromatic heterocycles. The third-order valence-corrected chi connectivity index (χ3v) is 12.9. The van der Waals surface area contributed by atoms with Gasteiger partial charge < -0.3 is 14.4 Å². The van der Waals surface area contributed by atoms with E-state index in [9.17, 15) is 0 Å². The molecule has 0 amide bonds. The highest BCUT2D eigenvalue weighted by Crippen LogP contribution is 2.79. The van der Waals surface area contributed by atoms with Gasteiger partial charge in [-0.05, 0) is 116 Å². The normalized spacial score (nSPS) is 28.1. The molecule has 3 nitrogen and oxygen atoms in total. The first kappa shape index (κ1) is 41.6. The highest BCUT2D eigenvalue weighted by atomic mass is 16.8. The molecule has 286 valence electrons. The van der Waals surface area contributed by atoms with Gasteiger partial charge in [-0.1, -0.05) is 140 Å². The molecular weight excluding hydrogens is 611 g/mol. The molecule has 0 radical (unpaired) electrons. The molecule has 4 aliphatic rings. The Balaban J connectivity index is 1.07. The van der Waals surface area contributed by atoms with E-state index < -0.39 is 0 Å². The van der Waals surface area contributed by atoms with E-state index in [1.807, 2.05) is 0 Å². The van der Waals surface area contributed by atoms with E-state index in [4.69, 9.17) is 9.47 Å². The van der Waals surface area contributed by atoms with Crippen LogP contribution in [0.5, 0.6) is 0 Å². The summed E-state index contributed by atoms with van der Waals surface area (Å²) in [6.45, 7) is 4.55. The Bertz CT molecular complexity index is 963. The summed E-state index contributed by atoms with van der Waals surface area (Å²) in [7, 11) is 4.56. The molecule has 3 saturated carbocycles. The lowest BCUT2D eigenvalue weighted by molar-refractivity contribution is -0.182. The predicted octanol–water partition coefficient (Wildman–Crippen LogP) is 13.8. The minimum atomic E-state index is -0.292. The summed E-state index contributed by atoms with van der Waals surface area (Å²) in [5.41, 5.74) is 0.472. The monoisotopic (exact) mass is 692 g/mol. The Morgan fingerprint density at radius 3 is 1.42 bits per heavy atom. The highest BCUT2D eigenvalue weighted by Gasteiger charge is 2.83. The highest BCUT2D eigenvalue weighted by molar-refractivity contribution is 5.31. The molecule has 1 aliphatic heterocycles. The van der Waals surface area contributed by atoms with Crippen LogP contribution in [0.3, 0.4) is 0 Å². The minimum Gasteiger partial charge on any atom is -0.344 e. The number of unbranched alkanes of at least 4 members (excludes halogenated alkanes) is 18. The summed E-state index contributed by atoms with van der Waals surface area (Å²) in [5, 5.41) is 0. The van der Waals surface area contributed by atoms with Gasteiger partial charge in [0, 0.05) is 24.3 Å². The van der Waals surface area contributed by atoms with Crippen LogP contribution in [0.15, 0.2) is 48.6 Å². The van der Waals surface area contributed by atoms with Crippen LogP contribution < -0.4 is 0 Å². The number of allylic oxidation sites excluding steroid dienone is 8. The van der Waals surface area contributed by atoms with Gasteiger partial charge in [-0.15, -0.1) is 0 Å². The lowest BCUT2D eigenvalue weighted by atomic mass is 9.66. The van der Waals surface area contributed by atoms with Crippen LogP contribution >= 0.6 is 0 Å². The van der Waals surface area contributed by atoms with Crippen molar-refractivity contribution in [3.8, 4) is 0 Å². The Morgan fingerprint density at radius 1 is 0.520 bits per heavy atom. The predicted molar refractivity (Wildman–Crippen MR) is 217 cm³/mol. The van der Waals surface area contributed by atoms with Crippen LogP contribution in [0, 0.1) is 17.3 Å². The van der Waals surface area contributed by atoms with Crippen LogP contribution in [0.2, 0.25) is 0 Å². The second-order valence-electron chi connectivity index (χ2n) is 17.0. The van der Waals surface area contributed by atoms with Gasteiger partial charge in [-0.3, -0.25) is 0 Å². The fourth-order valence-corrected chi connectivity index (χ4v) is 9.79. The molecule has 4 fully saturated rings. The fourth-order valence-electron chi connectivity index (χ4n) is 9.79. The average molecular weight is 692 g/mol. The van der Waals surface area contributed by atoms with Gasteiger partial charge in [0.2, 0.25) is 0 Å². The maximum Gasteiger partial charge on any atom is 0.169 e. The van der Waals surface area contributed by atoms with Crippen molar-refractivity contribution < 1.29 is 9.47 Å². The smallest absolute Gasteiger partial charge is 0.169 e. The number of hydrogen-bond acceptors (Lipinski definition) is 3.